The Hall–Kier alpha value is -1.81. The van der Waals surface area contributed by atoms with Crippen LogP contribution in [0.25, 0.3) is 0 Å². The van der Waals surface area contributed by atoms with Gasteiger partial charge in [-0.15, -0.1) is 13.2 Å². The predicted octanol–water partition coefficient (Wildman–Crippen LogP) is 1.31. The Morgan fingerprint density at radius 3 is 2.60 bits per heavy atom. The summed E-state index contributed by atoms with van der Waals surface area (Å²) in [7, 11) is 0. The lowest BCUT2D eigenvalue weighted by Crippen LogP contribution is -2.19. The Kier molecular flexibility index (Phi) is 3.11. The number of pyridine rings is 1. The van der Waals surface area contributed by atoms with Crippen molar-refractivity contribution < 1.29 is 17.9 Å². The number of ether oxygens (including phenoxy) is 1. The molecular formula is C8H6F3N3O. The summed E-state index contributed by atoms with van der Waals surface area (Å²) in [5, 5.41) is 8.44. The van der Waals surface area contributed by atoms with Crippen molar-refractivity contribution in [3.05, 3.63) is 23.4 Å². The van der Waals surface area contributed by atoms with E-state index in [1.807, 2.05) is 0 Å². The van der Waals surface area contributed by atoms with Crippen molar-refractivity contribution in [2.75, 3.05) is 0 Å². The highest BCUT2D eigenvalue weighted by Crippen LogP contribution is 2.24. The van der Waals surface area contributed by atoms with Gasteiger partial charge in [-0.1, -0.05) is 0 Å². The largest absolute Gasteiger partial charge is 0.574 e. The molecular weight excluding hydrogens is 211 g/mol. The number of halogens is 3. The molecule has 0 spiro atoms. The van der Waals surface area contributed by atoms with Crippen molar-refractivity contribution in [3.63, 3.8) is 0 Å². The Morgan fingerprint density at radius 2 is 2.13 bits per heavy atom. The van der Waals surface area contributed by atoms with Crippen LogP contribution in [0, 0.1) is 11.3 Å². The van der Waals surface area contributed by atoms with Crippen LogP contribution in [0.4, 0.5) is 13.2 Å². The Bertz CT molecular complexity index is 397. The molecule has 0 aliphatic carbocycles. The van der Waals surface area contributed by atoms with Crippen molar-refractivity contribution >= 4 is 0 Å². The van der Waals surface area contributed by atoms with Crippen LogP contribution in [0.1, 0.15) is 11.3 Å². The van der Waals surface area contributed by atoms with Crippen LogP contribution in [0.3, 0.4) is 0 Å². The summed E-state index contributed by atoms with van der Waals surface area (Å²) in [6.07, 6.45) is -4.84. The fourth-order valence-electron chi connectivity index (χ4n) is 0.885. The normalized spacial score (nSPS) is 10.9. The Balaban J connectivity index is 3.08. The molecule has 0 aromatic carbocycles. The van der Waals surface area contributed by atoms with Gasteiger partial charge in [-0.05, 0) is 12.1 Å². The van der Waals surface area contributed by atoms with E-state index in [-0.39, 0.29) is 17.8 Å². The van der Waals surface area contributed by atoms with E-state index in [4.69, 9.17) is 11.0 Å². The Morgan fingerprint density at radius 1 is 1.47 bits per heavy atom. The number of aromatic nitrogens is 1. The Labute approximate surface area is 83.1 Å². The van der Waals surface area contributed by atoms with Crippen LogP contribution < -0.4 is 10.5 Å². The van der Waals surface area contributed by atoms with Crippen LogP contribution >= 0.6 is 0 Å². The maximum atomic E-state index is 11.9. The summed E-state index contributed by atoms with van der Waals surface area (Å²) in [5.74, 6) is -0.677. The zero-order chi connectivity index (χ0) is 11.5. The molecule has 0 bridgehead atoms. The molecule has 7 heteroatoms. The number of rotatable bonds is 2. The number of nitrogens with two attached hydrogens (primary N) is 1. The van der Waals surface area contributed by atoms with Gasteiger partial charge >= 0.3 is 6.36 Å². The van der Waals surface area contributed by atoms with Crippen molar-refractivity contribution in [3.8, 4) is 11.9 Å². The van der Waals surface area contributed by atoms with Gasteiger partial charge in [0.15, 0.2) is 0 Å². The van der Waals surface area contributed by atoms with Crippen LogP contribution in [-0.2, 0) is 6.54 Å². The molecule has 0 fully saturated rings. The standard InChI is InChI=1S/C8H6F3N3O/c9-8(10,11)15-7-5(3-12)1-2-6(4-13)14-7/h1-2H,3,12H2. The molecule has 1 heterocycles. The van der Waals surface area contributed by atoms with Gasteiger partial charge in [-0.2, -0.15) is 5.26 Å². The minimum absolute atomic E-state index is 0.0892. The van der Waals surface area contributed by atoms with Crippen LogP contribution in [0.2, 0.25) is 0 Å². The highest BCUT2D eigenvalue weighted by atomic mass is 19.4. The molecule has 0 unspecified atom stereocenters. The average Bonchev–Trinajstić information content (AvgIpc) is 2.15. The van der Waals surface area contributed by atoms with Gasteiger partial charge in [-0.3, -0.25) is 0 Å². The summed E-state index contributed by atoms with van der Waals surface area (Å²) in [6, 6.07) is 4.14. The van der Waals surface area contributed by atoms with Gasteiger partial charge < -0.3 is 10.5 Å². The number of nitrogens with zero attached hydrogens (tertiary/aromatic N) is 2. The minimum Gasteiger partial charge on any atom is -0.387 e. The van der Waals surface area contributed by atoms with E-state index in [9.17, 15) is 13.2 Å². The van der Waals surface area contributed by atoms with Gasteiger partial charge in [-0.25, -0.2) is 4.98 Å². The van der Waals surface area contributed by atoms with Gasteiger partial charge in [0.1, 0.15) is 11.8 Å². The maximum absolute atomic E-state index is 11.9. The lowest BCUT2D eigenvalue weighted by molar-refractivity contribution is -0.276. The molecule has 1 aromatic heterocycles. The first-order valence-corrected chi connectivity index (χ1v) is 3.82. The summed E-state index contributed by atoms with van der Waals surface area (Å²) in [5.41, 5.74) is 5.12. The molecule has 0 aliphatic heterocycles. The lowest BCUT2D eigenvalue weighted by Gasteiger charge is -2.10. The van der Waals surface area contributed by atoms with E-state index in [2.05, 4.69) is 9.72 Å². The van der Waals surface area contributed by atoms with E-state index in [1.165, 1.54) is 12.1 Å². The highest BCUT2D eigenvalue weighted by Gasteiger charge is 2.32. The highest BCUT2D eigenvalue weighted by molar-refractivity contribution is 5.32. The summed E-state index contributed by atoms with van der Waals surface area (Å²) in [6.45, 7) is -0.149. The zero-order valence-corrected chi connectivity index (χ0v) is 7.38. The smallest absolute Gasteiger partial charge is 0.387 e. The summed E-state index contributed by atoms with van der Waals surface area (Å²) >= 11 is 0. The monoisotopic (exact) mass is 217 g/mol. The first-order chi connectivity index (χ1) is 6.96. The van der Waals surface area contributed by atoms with Crippen LogP contribution in [0.15, 0.2) is 12.1 Å². The molecule has 15 heavy (non-hydrogen) atoms. The number of alkyl halides is 3. The minimum atomic E-state index is -4.84. The second kappa shape index (κ2) is 4.14. The third-order valence-corrected chi connectivity index (χ3v) is 1.49. The third-order valence-electron chi connectivity index (χ3n) is 1.49. The fraction of sp³-hybridized carbons (Fsp3) is 0.250. The average molecular weight is 217 g/mol. The molecule has 2 N–H and O–H groups in total. The van der Waals surface area contributed by atoms with Crippen molar-refractivity contribution in [1.29, 1.82) is 5.26 Å². The molecule has 0 amide bonds. The number of hydrogen-bond acceptors (Lipinski definition) is 4. The van der Waals surface area contributed by atoms with Crippen molar-refractivity contribution in [1.82, 2.24) is 4.98 Å². The topological polar surface area (TPSA) is 71.9 Å². The summed E-state index contributed by atoms with van der Waals surface area (Å²) in [4.78, 5) is 3.36. The number of nitriles is 1. The molecule has 0 saturated carbocycles. The molecule has 0 atom stereocenters. The summed E-state index contributed by atoms with van der Waals surface area (Å²) < 4.78 is 39.3. The second-order valence-corrected chi connectivity index (χ2v) is 2.52. The van der Waals surface area contributed by atoms with Crippen LogP contribution in [-0.4, -0.2) is 11.3 Å². The molecule has 0 saturated heterocycles. The molecule has 1 rings (SSSR count). The van der Waals surface area contributed by atoms with Crippen LogP contribution in [0.5, 0.6) is 5.88 Å². The zero-order valence-electron chi connectivity index (χ0n) is 7.38. The third kappa shape index (κ3) is 3.11. The van der Waals surface area contributed by atoms with Gasteiger partial charge in [0.05, 0.1) is 0 Å². The van der Waals surface area contributed by atoms with E-state index in [0.717, 1.165) is 0 Å². The number of hydrogen-bond donors (Lipinski definition) is 1. The van der Waals surface area contributed by atoms with E-state index >= 15 is 0 Å². The van der Waals surface area contributed by atoms with Gasteiger partial charge in [0.25, 0.3) is 0 Å². The molecule has 4 nitrogen and oxygen atoms in total. The first kappa shape index (κ1) is 11.3. The first-order valence-electron chi connectivity index (χ1n) is 3.82. The molecule has 0 aliphatic rings. The van der Waals surface area contributed by atoms with E-state index in [1.54, 1.807) is 6.07 Å². The van der Waals surface area contributed by atoms with E-state index < -0.39 is 12.2 Å². The van der Waals surface area contributed by atoms with Crippen molar-refractivity contribution in [2.24, 2.45) is 5.73 Å². The lowest BCUT2D eigenvalue weighted by atomic mass is 10.2. The van der Waals surface area contributed by atoms with Gasteiger partial charge in [0.2, 0.25) is 5.88 Å². The molecule has 0 radical (unpaired) electrons. The molecule has 1 aromatic rings. The SMILES string of the molecule is N#Cc1ccc(CN)c(OC(F)(F)F)n1. The maximum Gasteiger partial charge on any atom is 0.574 e. The fourth-order valence-corrected chi connectivity index (χ4v) is 0.885. The predicted molar refractivity (Wildman–Crippen MR) is 43.5 cm³/mol. The van der Waals surface area contributed by atoms with Crippen molar-refractivity contribution in [2.45, 2.75) is 12.9 Å². The second-order valence-electron chi connectivity index (χ2n) is 2.52. The molecule has 80 valence electrons. The quantitative estimate of drug-likeness (QED) is 0.810. The van der Waals surface area contributed by atoms with E-state index in [0.29, 0.717) is 0 Å². The van der Waals surface area contributed by atoms with Gasteiger partial charge in [0, 0.05) is 12.1 Å².